The van der Waals surface area contributed by atoms with Crippen molar-refractivity contribution in [3.05, 3.63) is 28.2 Å². The number of anilines is 1. The largest absolute Gasteiger partial charge is 0.393 e. The van der Waals surface area contributed by atoms with E-state index >= 15 is 0 Å². The molecule has 4 nitrogen and oxygen atoms in total. The van der Waals surface area contributed by atoms with Crippen molar-refractivity contribution in [2.45, 2.75) is 18.9 Å². The number of rotatable bonds is 1. The van der Waals surface area contributed by atoms with Crippen LogP contribution in [0.1, 0.15) is 12.8 Å². The number of hydrogen-bond donors (Lipinski definition) is 2. The van der Waals surface area contributed by atoms with Crippen LogP contribution < -0.4 is 5.32 Å². The number of halogens is 2. The average Bonchev–Trinajstić information content (AvgIpc) is 2.28. The molecule has 1 aromatic rings. The number of likely N-dealkylation sites (tertiary alicyclic amines) is 1. The molecule has 1 aromatic carbocycles. The Kier molecular flexibility index (Phi) is 4.32. The lowest BCUT2D eigenvalue weighted by Gasteiger charge is -2.29. The number of nitrogens with one attached hydrogen (secondary N) is 1. The van der Waals surface area contributed by atoms with Gasteiger partial charge in [-0.3, -0.25) is 0 Å². The summed E-state index contributed by atoms with van der Waals surface area (Å²) in [6.07, 6.45) is 0.933. The highest BCUT2D eigenvalue weighted by atomic mass is 35.5. The molecule has 0 spiro atoms. The minimum absolute atomic E-state index is 0.194. The molecule has 18 heavy (non-hydrogen) atoms. The lowest BCUT2D eigenvalue weighted by atomic mass is 10.1. The van der Waals surface area contributed by atoms with Gasteiger partial charge in [0.05, 0.1) is 6.10 Å². The number of nitrogens with zero attached hydrogens (tertiary/aromatic N) is 1. The van der Waals surface area contributed by atoms with E-state index in [4.69, 9.17) is 23.2 Å². The molecule has 2 N–H and O–H groups in total. The minimum Gasteiger partial charge on any atom is -0.393 e. The monoisotopic (exact) mass is 288 g/mol. The molecular formula is C12H14Cl2N2O2. The van der Waals surface area contributed by atoms with Crippen LogP contribution in [0.3, 0.4) is 0 Å². The van der Waals surface area contributed by atoms with E-state index in [1.54, 1.807) is 23.1 Å². The average molecular weight is 289 g/mol. The summed E-state index contributed by atoms with van der Waals surface area (Å²) in [5, 5.41) is 13.1. The summed E-state index contributed by atoms with van der Waals surface area (Å²) in [5.41, 5.74) is 0.573. The Morgan fingerprint density at radius 2 is 1.78 bits per heavy atom. The number of piperidine rings is 1. The number of hydrogen-bond acceptors (Lipinski definition) is 2. The van der Waals surface area contributed by atoms with Crippen LogP contribution in [0.2, 0.25) is 10.0 Å². The fourth-order valence-electron chi connectivity index (χ4n) is 1.90. The van der Waals surface area contributed by atoms with Crippen molar-refractivity contribution >= 4 is 34.9 Å². The molecule has 1 heterocycles. The second-order valence-electron chi connectivity index (χ2n) is 4.31. The van der Waals surface area contributed by atoms with Crippen LogP contribution in [0.25, 0.3) is 0 Å². The zero-order valence-corrected chi connectivity index (χ0v) is 11.2. The quantitative estimate of drug-likeness (QED) is 0.835. The zero-order valence-electron chi connectivity index (χ0n) is 9.70. The summed E-state index contributed by atoms with van der Waals surface area (Å²) >= 11 is 11.7. The molecule has 1 saturated heterocycles. The van der Waals surface area contributed by atoms with Crippen molar-refractivity contribution in [2.24, 2.45) is 0 Å². The molecule has 1 fully saturated rings. The summed E-state index contributed by atoms with van der Waals surface area (Å²) in [4.78, 5) is 13.6. The first-order chi connectivity index (χ1) is 8.54. The van der Waals surface area contributed by atoms with E-state index < -0.39 is 0 Å². The van der Waals surface area contributed by atoms with Gasteiger partial charge in [0.25, 0.3) is 0 Å². The maximum absolute atomic E-state index is 11.9. The summed E-state index contributed by atoms with van der Waals surface area (Å²) in [5.74, 6) is 0. The van der Waals surface area contributed by atoms with Crippen molar-refractivity contribution in [1.82, 2.24) is 4.90 Å². The number of carbonyl (C=O) groups excluding carboxylic acids is 1. The van der Waals surface area contributed by atoms with Crippen molar-refractivity contribution in [3.8, 4) is 0 Å². The molecule has 2 amide bonds. The maximum atomic E-state index is 11.9. The summed E-state index contributed by atoms with van der Waals surface area (Å²) in [6, 6.07) is 4.70. The molecule has 2 rings (SSSR count). The van der Waals surface area contributed by atoms with E-state index in [2.05, 4.69) is 5.32 Å². The first-order valence-corrected chi connectivity index (χ1v) is 6.50. The zero-order chi connectivity index (χ0) is 13.1. The lowest BCUT2D eigenvalue weighted by Crippen LogP contribution is -2.42. The maximum Gasteiger partial charge on any atom is 0.321 e. The molecule has 0 atom stereocenters. The smallest absolute Gasteiger partial charge is 0.321 e. The Balaban J connectivity index is 1.98. The number of benzene rings is 1. The Labute approximate surface area is 115 Å². The molecule has 0 aromatic heterocycles. The van der Waals surface area contributed by atoms with Crippen molar-refractivity contribution in [3.63, 3.8) is 0 Å². The van der Waals surface area contributed by atoms with Gasteiger partial charge in [-0.2, -0.15) is 0 Å². The fraction of sp³-hybridized carbons (Fsp3) is 0.417. The van der Waals surface area contributed by atoms with Gasteiger partial charge in [0, 0.05) is 28.8 Å². The van der Waals surface area contributed by atoms with Crippen molar-refractivity contribution in [2.75, 3.05) is 18.4 Å². The Morgan fingerprint density at radius 1 is 1.22 bits per heavy atom. The third kappa shape index (κ3) is 3.51. The van der Waals surface area contributed by atoms with E-state index in [1.165, 1.54) is 0 Å². The van der Waals surface area contributed by atoms with Gasteiger partial charge in [-0.1, -0.05) is 23.2 Å². The number of aliphatic hydroxyl groups excluding tert-OH is 1. The predicted octanol–water partition coefficient (Wildman–Crippen LogP) is 2.98. The van der Waals surface area contributed by atoms with Gasteiger partial charge in [-0.05, 0) is 31.0 Å². The Morgan fingerprint density at radius 3 is 2.33 bits per heavy atom. The van der Waals surface area contributed by atoms with Gasteiger partial charge in [0.1, 0.15) is 0 Å². The number of urea groups is 1. The number of amides is 2. The highest BCUT2D eigenvalue weighted by Gasteiger charge is 2.21. The first kappa shape index (κ1) is 13.5. The third-order valence-corrected chi connectivity index (χ3v) is 3.30. The Bertz CT molecular complexity index is 425. The first-order valence-electron chi connectivity index (χ1n) is 5.74. The van der Waals surface area contributed by atoms with Crippen molar-refractivity contribution in [1.29, 1.82) is 0 Å². The van der Waals surface area contributed by atoms with Crippen LogP contribution in [0.15, 0.2) is 18.2 Å². The molecule has 98 valence electrons. The van der Waals surface area contributed by atoms with Gasteiger partial charge >= 0.3 is 6.03 Å². The normalized spacial score (nSPS) is 16.7. The molecule has 0 radical (unpaired) electrons. The third-order valence-electron chi connectivity index (χ3n) is 2.87. The highest BCUT2D eigenvalue weighted by molar-refractivity contribution is 6.35. The van der Waals surface area contributed by atoms with E-state index in [0.29, 0.717) is 41.7 Å². The molecule has 0 bridgehead atoms. The van der Waals surface area contributed by atoms with Gasteiger partial charge < -0.3 is 15.3 Å². The molecule has 6 heteroatoms. The minimum atomic E-state index is -0.297. The van der Waals surface area contributed by atoms with Crippen LogP contribution in [-0.4, -0.2) is 35.2 Å². The van der Waals surface area contributed by atoms with Crippen LogP contribution in [0.4, 0.5) is 10.5 Å². The molecular weight excluding hydrogens is 275 g/mol. The van der Waals surface area contributed by atoms with Crippen LogP contribution >= 0.6 is 23.2 Å². The van der Waals surface area contributed by atoms with Crippen molar-refractivity contribution < 1.29 is 9.90 Å². The van der Waals surface area contributed by atoms with Gasteiger partial charge in [-0.25, -0.2) is 4.79 Å². The number of carbonyl (C=O) groups is 1. The second-order valence-corrected chi connectivity index (χ2v) is 5.18. The number of aliphatic hydroxyl groups is 1. The summed E-state index contributed by atoms with van der Waals surface area (Å²) in [6.45, 7) is 1.11. The summed E-state index contributed by atoms with van der Waals surface area (Å²) < 4.78 is 0. The van der Waals surface area contributed by atoms with E-state index in [0.717, 1.165) is 0 Å². The molecule has 0 aliphatic carbocycles. The van der Waals surface area contributed by atoms with E-state index in [1.807, 2.05) is 0 Å². The fourth-order valence-corrected chi connectivity index (χ4v) is 2.42. The molecule has 1 aliphatic rings. The second kappa shape index (κ2) is 5.78. The summed E-state index contributed by atoms with van der Waals surface area (Å²) in [7, 11) is 0. The van der Waals surface area contributed by atoms with Crippen LogP contribution in [0.5, 0.6) is 0 Å². The Hall–Kier alpha value is -0.970. The van der Waals surface area contributed by atoms with Gasteiger partial charge in [0.2, 0.25) is 0 Å². The predicted molar refractivity (Wildman–Crippen MR) is 72.3 cm³/mol. The highest BCUT2D eigenvalue weighted by Crippen LogP contribution is 2.23. The van der Waals surface area contributed by atoms with Gasteiger partial charge in [-0.15, -0.1) is 0 Å². The molecule has 0 saturated carbocycles. The topological polar surface area (TPSA) is 52.6 Å². The molecule has 1 aliphatic heterocycles. The lowest BCUT2D eigenvalue weighted by molar-refractivity contribution is 0.0972. The molecule has 0 unspecified atom stereocenters. The van der Waals surface area contributed by atoms with Gasteiger partial charge in [0.15, 0.2) is 0 Å². The SMILES string of the molecule is O=C(Nc1cc(Cl)cc(Cl)c1)N1CCC(O)CC1. The van der Waals surface area contributed by atoms with Crippen LogP contribution in [-0.2, 0) is 0 Å². The van der Waals surface area contributed by atoms with E-state index in [-0.39, 0.29) is 12.1 Å². The standard InChI is InChI=1S/C12H14Cl2N2O2/c13-8-5-9(14)7-10(6-8)15-12(18)16-3-1-11(17)2-4-16/h5-7,11,17H,1-4H2,(H,15,18). The van der Waals surface area contributed by atoms with E-state index in [9.17, 15) is 9.90 Å². The van der Waals surface area contributed by atoms with Crippen LogP contribution in [0, 0.1) is 0 Å².